The van der Waals surface area contributed by atoms with Gasteiger partial charge in [-0.25, -0.2) is 4.98 Å². The van der Waals surface area contributed by atoms with Crippen molar-refractivity contribution in [2.24, 2.45) is 0 Å². The predicted octanol–water partition coefficient (Wildman–Crippen LogP) is 5.29. The molecule has 4 aromatic carbocycles. The molecule has 0 saturated carbocycles. The maximum Gasteiger partial charge on any atom is 0.182 e. The molecule has 0 spiro atoms. The van der Waals surface area contributed by atoms with Crippen LogP contribution in [0.4, 0.5) is 0 Å². The lowest BCUT2D eigenvalue weighted by Gasteiger charge is -2.10. The Morgan fingerprint density at radius 1 is 0.619 bits per heavy atom. The fourth-order valence-corrected chi connectivity index (χ4v) is 3.32. The van der Waals surface area contributed by atoms with Crippen LogP contribution < -0.4 is 0 Å². The molecule has 0 N–H and O–H groups in total. The summed E-state index contributed by atoms with van der Waals surface area (Å²) in [5.74, 6) is 0. The Hall–Kier alpha value is -2.87. The van der Waals surface area contributed by atoms with Gasteiger partial charge in [-0.2, -0.15) is 0 Å². The second kappa shape index (κ2) is 3.83. The molecule has 1 heterocycles. The van der Waals surface area contributed by atoms with Gasteiger partial charge in [-0.15, -0.1) is 0 Å². The molecular formula is C19H11NO. The van der Waals surface area contributed by atoms with Crippen LogP contribution in [0.25, 0.3) is 43.4 Å². The van der Waals surface area contributed by atoms with Crippen molar-refractivity contribution in [2.75, 3.05) is 0 Å². The fourth-order valence-electron chi connectivity index (χ4n) is 3.32. The van der Waals surface area contributed by atoms with Crippen molar-refractivity contribution in [1.29, 1.82) is 0 Å². The SMILES string of the molecule is c1ccc2c(c1)c1ccccc1c1c2ccc2ocnc21. The summed E-state index contributed by atoms with van der Waals surface area (Å²) in [5.41, 5.74) is 1.78. The average Bonchev–Trinajstić information content (AvgIpc) is 3.03. The molecule has 0 aliphatic rings. The number of nitrogens with zero attached hydrogens (tertiary/aromatic N) is 1. The third kappa shape index (κ3) is 1.34. The number of oxazole rings is 1. The molecule has 0 fully saturated rings. The number of fused-ring (bicyclic) bond motifs is 8. The molecule has 5 aromatic rings. The maximum absolute atomic E-state index is 5.48. The molecule has 0 aliphatic heterocycles. The number of benzene rings is 4. The average molecular weight is 269 g/mol. The molecule has 0 bridgehead atoms. The fraction of sp³-hybridized carbons (Fsp3) is 0. The van der Waals surface area contributed by atoms with Crippen molar-refractivity contribution in [3.8, 4) is 0 Å². The maximum atomic E-state index is 5.48. The van der Waals surface area contributed by atoms with Crippen LogP contribution >= 0.6 is 0 Å². The van der Waals surface area contributed by atoms with Gasteiger partial charge in [0.1, 0.15) is 5.52 Å². The van der Waals surface area contributed by atoms with Crippen molar-refractivity contribution >= 4 is 43.4 Å². The van der Waals surface area contributed by atoms with Gasteiger partial charge < -0.3 is 4.42 Å². The Kier molecular flexibility index (Phi) is 1.98. The first-order valence-corrected chi connectivity index (χ1v) is 6.99. The predicted molar refractivity (Wildman–Crippen MR) is 86.5 cm³/mol. The van der Waals surface area contributed by atoms with E-state index in [0.717, 1.165) is 11.1 Å². The smallest absolute Gasteiger partial charge is 0.182 e. The zero-order valence-corrected chi connectivity index (χ0v) is 11.2. The van der Waals surface area contributed by atoms with E-state index in [2.05, 4.69) is 59.6 Å². The van der Waals surface area contributed by atoms with Gasteiger partial charge in [0.15, 0.2) is 12.0 Å². The summed E-state index contributed by atoms with van der Waals surface area (Å²) in [5, 5.41) is 7.43. The summed E-state index contributed by atoms with van der Waals surface area (Å²) >= 11 is 0. The van der Waals surface area contributed by atoms with Crippen LogP contribution in [0.3, 0.4) is 0 Å². The number of hydrogen-bond acceptors (Lipinski definition) is 2. The Balaban J connectivity index is 2.26. The zero-order chi connectivity index (χ0) is 13.8. The van der Waals surface area contributed by atoms with Gasteiger partial charge in [-0.05, 0) is 39.1 Å². The second-order valence-electron chi connectivity index (χ2n) is 5.28. The van der Waals surface area contributed by atoms with E-state index in [0.29, 0.717) is 0 Å². The first-order valence-electron chi connectivity index (χ1n) is 6.99. The molecule has 1 aromatic heterocycles. The van der Waals surface area contributed by atoms with Crippen molar-refractivity contribution in [2.45, 2.75) is 0 Å². The van der Waals surface area contributed by atoms with Gasteiger partial charge >= 0.3 is 0 Å². The summed E-state index contributed by atoms with van der Waals surface area (Å²) in [4.78, 5) is 4.44. The molecule has 2 heteroatoms. The van der Waals surface area contributed by atoms with E-state index < -0.39 is 0 Å². The quantitative estimate of drug-likeness (QED) is 0.357. The largest absolute Gasteiger partial charge is 0.443 e. The first-order chi connectivity index (χ1) is 10.4. The Morgan fingerprint density at radius 3 is 1.90 bits per heavy atom. The molecule has 0 radical (unpaired) electrons. The van der Waals surface area contributed by atoms with E-state index in [1.54, 1.807) is 0 Å². The molecule has 0 unspecified atom stereocenters. The van der Waals surface area contributed by atoms with Crippen LogP contribution in [0.15, 0.2) is 71.5 Å². The molecule has 0 aliphatic carbocycles. The third-order valence-electron chi connectivity index (χ3n) is 4.21. The highest BCUT2D eigenvalue weighted by atomic mass is 16.3. The standard InChI is InChI=1S/C19H11NO/c1-2-7-14-12(5-1)13-6-3-4-8-15(13)18-16(14)9-10-17-19(18)20-11-21-17/h1-11H. The van der Waals surface area contributed by atoms with Crippen molar-refractivity contribution in [3.63, 3.8) is 0 Å². The van der Waals surface area contributed by atoms with Gasteiger partial charge in [-0.1, -0.05) is 48.5 Å². The summed E-state index contributed by atoms with van der Waals surface area (Å²) in [6.07, 6.45) is 1.52. The monoisotopic (exact) mass is 269 g/mol. The van der Waals surface area contributed by atoms with E-state index in [-0.39, 0.29) is 0 Å². The summed E-state index contributed by atoms with van der Waals surface area (Å²) < 4.78 is 5.48. The van der Waals surface area contributed by atoms with Gasteiger partial charge in [0.2, 0.25) is 0 Å². The molecule has 0 amide bonds. The summed E-state index contributed by atoms with van der Waals surface area (Å²) in [6, 6.07) is 21.2. The Labute approximate surface area is 120 Å². The molecule has 2 nitrogen and oxygen atoms in total. The minimum atomic E-state index is 0.836. The second-order valence-corrected chi connectivity index (χ2v) is 5.28. The molecule has 21 heavy (non-hydrogen) atoms. The molecule has 5 rings (SSSR count). The van der Waals surface area contributed by atoms with Crippen LogP contribution in [0, 0.1) is 0 Å². The van der Waals surface area contributed by atoms with Crippen molar-refractivity contribution in [3.05, 3.63) is 67.1 Å². The highest BCUT2D eigenvalue weighted by Crippen LogP contribution is 2.37. The minimum Gasteiger partial charge on any atom is -0.443 e. The van der Waals surface area contributed by atoms with Gasteiger partial charge in [0.25, 0.3) is 0 Å². The highest BCUT2D eigenvalue weighted by molar-refractivity contribution is 6.30. The zero-order valence-electron chi connectivity index (χ0n) is 11.2. The lowest BCUT2D eigenvalue weighted by Crippen LogP contribution is -1.84. The molecule has 0 atom stereocenters. The number of rotatable bonds is 0. The third-order valence-corrected chi connectivity index (χ3v) is 4.21. The lowest BCUT2D eigenvalue weighted by atomic mass is 9.94. The summed E-state index contributed by atoms with van der Waals surface area (Å²) in [6.45, 7) is 0. The van der Waals surface area contributed by atoms with Crippen LogP contribution in [-0.2, 0) is 0 Å². The lowest BCUT2D eigenvalue weighted by molar-refractivity contribution is 0.602. The molecular weight excluding hydrogens is 258 g/mol. The number of hydrogen-bond donors (Lipinski definition) is 0. The van der Waals surface area contributed by atoms with E-state index in [1.165, 1.54) is 38.7 Å². The van der Waals surface area contributed by atoms with Gasteiger partial charge in [-0.3, -0.25) is 0 Å². The van der Waals surface area contributed by atoms with Gasteiger partial charge in [0, 0.05) is 5.39 Å². The summed E-state index contributed by atoms with van der Waals surface area (Å²) in [7, 11) is 0. The Bertz CT molecular complexity index is 1100. The molecule has 98 valence electrons. The van der Waals surface area contributed by atoms with Gasteiger partial charge in [0.05, 0.1) is 0 Å². The van der Waals surface area contributed by atoms with Crippen LogP contribution in [0.2, 0.25) is 0 Å². The van der Waals surface area contributed by atoms with Crippen molar-refractivity contribution < 1.29 is 4.42 Å². The van der Waals surface area contributed by atoms with E-state index in [4.69, 9.17) is 4.42 Å². The topological polar surface area (TPSA) is 26.0 Å². The van der Waals surface area contributed by atoms with Crippen molar-refractivity contribution in [1.82, 2.24) is 4.98 Å². The minimum absolute atomic E-state index is 0.836. The van der Waals surface area contributed by atoms with Crippen LogP contribution in [0.5, 0.6) is 0 Å². The highest BCUT2D eigenvalue weighted by Gasteiger charge is 2.12. The first kappa shape index (κ1) is 10.9. The van der Waals surface area contributed by atoms with E-state index in [1.807, 2.05) is 6.07 Å². The van der Waals surface area contributed by atoms with E-state index in [9.17, 15) is 0 Å². The molecule has 0 saturated heterocycles. The van der Waals surface area contributed by atoms with E-state index >= 15 is 0 Å². The normalized spacial score (nSPS) is 11.8. The number of aromatic nitrogens is 1. The van der Waals surface area contributed by atoms with Crippen LogP contribution in [0.1, 0.15) is 0 Å². The Morgan fingerprint density at radius 2 is 1.19 bits per heavy atom. The van der Waals surface area contributed by atoms with Crippen LogP contribution in [-0.4, -0.2) is 4.98 Å².